The van der Waals surface area contributed by atoms with Gasteiger partial charge in [0.15, 0.2) is 11.5 Å². The van der Waals surface area contributed by atoms with Gasteiger partial charge in [-0.15, -0.1) is 0 Å². The number of carbonyl (C=O) groups is 2. The molecule has 33 heavy (non-hydrogen) atoms. The second-order valence-electron chi connectivity index (χ2n) is 7.76. The third-order valence-electron chi connectivity index (χ3n) is 5.45. The number of Topliss-reactive ketones (excluding diaryl/α,β-unsaturated/α-hetero) is 1. The maximum Gasteiger partial charge on any atom is 0.295 e. The predicted molar refractivity (Wildman–Crippen MR) is 125 cm³/mol. The van der Waals surface area contributed by atoms with E-state index >= 15 is 0 Å². The van der Waals surface area contributed by atoms with Gasteiger partial charge < -0.3 is 29.1 Å². The summed E-state index contributed by atoms with van der Waals surface area (Å²) >= 11 is 5.97. The van der Waals surface area contributed by atoms with E-state index in [-0.39, 0.29) is 17.9 Å². The van der Waals surface area contributed by atoms with Crippen molar-refractivity contribution in [2.24, 2.45) is 0 Å². The summed E-state index contributed by atoms with van der Waals surface area (Å²) in [6.45, 7) is 0.797. The fourth-order valence-electron chi connectivity index (χ4n) is 3.79. The Bertz CT molecular complexity index is 1060. The number of hydrogen-bond acceptors (Lipinski definition) is 7. The van der Waals surface area contributed by atoms with E-state index in [0.29, 0.717) is 39.9 Å². The van der Waals surface area contributed by atoms with E-state index in [1.54, 1.807) is 36.4 Å². The molecule has 0 saturated carbocycles. The maximum absolute atomic E-state index is 13.1. The molecule has 1 N–H and O–H groups in total. The number of amides is 1. The standard InChI is InChI=1S/C24H27ClN2O6/c1-26(2)10-11-27-20(15-12-17(31-3)23(33-5)18(13-15)32-4)19(22(29)24(27)30)21(28)14-6-8-16(25)9-7-14/h6-9,12-13,20,28H,10-11H2,1-5H3/t20-/m1/s1. The van der Waals surface area contributed by atoms with Gasteiger partial charge in [-0.3, -0.25) is 9.59 Å². The van der Waals surface area contributed by atoms with Crippen molar-refractivity contribution < 1.29 is 28.9 Å². The maximum atomic E-state index is 13.1. The van der Waals surface area contributed by atoms with E-state index in [4.69, 9.17) is 25.8 Å². The highest BCUT2D eigenvalue weighted by atomic mass is 35.5. The molecule has 1 fully saturated rings. The summed E-state index contributed by atoms with van der Waals surface area (Å²) in [4.78, 5) is 29.5. The molecular weight excluding hydrogens is 448 g/mol. The number of benzene rings is 2. The van der Waals surface area contributed by atoms with Crippen LogP contribution < -0.4 is 14.2 Å². The van der Waals surface area contributed by atoms with Gasteiger partial charge in [0.05, 0.1) is 32.9 Å². The molecule has 0 aliphatic carbocycles. The van der Waals surface area contributed by atoms with Gasteiger partial charge in [-0.25, -0.2) is 0 Å². The normalized spacial score (nSPS) is 17.5. The summed E-state index contributed by atoms with van der Waals surface area (Å²) < 4.78 is 16.3. The highest BCUT2D eigenvalue weighted by Crippen LogP contribution is 2.45. The predicted octanol–water partition coefficient (Wildman–Crippen LogP) is 3.35. The lowest BCUT2D eigenvalue weighted by Gasteiger charge is -2.27. The van der Waals surface area contributed by atoms with Crippen molar-refractivity contribution in [3.63, 3.8) is 0 Å². The second kappa shape index (κ2) is 10.1. The molecule has 0 spiro atoms. The lowest BCUT2D eigenvalue weighted by Crippen LogP contribution is -2.35. The molecule has 1 aliphatic rings. The SMILES string of the molecule is COc1cc([C@@H]2C(=C(O)c3ccc(Cl)cc3)C(=O)C(=O)N2CCN(C)C)cc(OC)c1OC. The number of ketones is 1. The van der Waals surface area contributed by atoms with E-state index in [2.05, 4.69) is 0 Å². The first-order chi connectivity index (χ1) is 15.7. The summed E-state index contributed by atoms with van der Waals surface area (Å²) in [5, 5.41) is 11.6. The number of hydrogen-bond donors (Lipinski definition) is 1. The van der Waals surface area contributed by atoms with Crippen molar-refractivity contribution in [3.05, 3.63) is 58.1 Å². The molecule has 1 heterocycles. The van der Waals surface area contributed by atoms with Crippen molar-refractivity contribution in [1.29, 1.82) is 0 Å². The van der Waals surface area contributed by atoms with Crippen LogP contribution in [0.5, 0.6) is 17.2 Å². The van der Waals surface area contributed by atoms with Crippen LogP contribution in [-0.2, 0) is 9.59 Å². The van der Waals surface area contributed by atoms with E-state index in [1.165, 1.54) is 26.2 Å². The van der Waals surface area contributed by atoms with E-state index in [1.807, 2.05) is 19.0 Å². The molecule has 0 aromatic heterocycles. The minimum atomic E-state index is -0.852. The quantitative estimate of drug-likeness (QED) is 0.356. The number of carbonyl (C=O) groups excluding carboxylic acids is 2. The Morgan fingerprint density at radius 3 is 2.09 bits per heavy atom. The zero-order chi connectivity index (χ0) is 24.3. The van der Waals surface area contributed by atoms with Gasteiger partial charge >= 0.3 is 0 Å². The Hall–Kier alpha value is -3.23. The van der Waals surface area contributed by atoms with Crippen molar-refractivity contribution in [2.45, 2.75) is 6.04 Å². The number of likely N-dealkylation sites (tertiary alicyclic amines) is 1. The van der Waals surface area contributed by atoms with Crippen molar-refractivity contribution >= 4 is 29.1 Å². The summed E-state index contributed by atoms with van der Waals surface area (Å²) in [5.41, 5.74) is 0.899. The van der Waals surface area contributed by atoms with E-state index in [9.17, 15) is 14.7 Å². The molecule has 0 unspecified atom stereocenters. The minimum absolute atomic E-state index is 0.0182. The average molecular weight is 475 g/mol. The van der Waals surface area contributed by atoms with Gasteiger partial charge in [0.25, 0.3) is 11.7 Å². The van der Waals surface area contributed by atoms with Crippen molar-refractivity contribution in [2.75, 3.05) is 48.5 Å². The molecule has 9 heteroatoms. The number of aliphatic hydroxyl groups is 1. The number of nitrogens with zero attached hydrogens (tertiary/aromatic N) is 2. The van der Waals surface area contributed by atoms with Crippen LogP contribution >= 0.6 is 11.6 Å². The summed E-state index contributed by atoms with van der Waals surface area (Å²) in [6.07, 6.45) is 0. The Kier molecular flexibility index (Phi) is 7.50. The van der Waals surface area contributed by atoms with E-state index in [0.717, 1.165) is 0 Å². The number of aliphatic hydroxyl groups excluding tert-OH is 1. The van der Waals surface area contributed by atoms with Crippen LogP contribution in [0.4, 0.5) is 0 Å². The zero-order valence-corrected chi connectivity index (χ0v) is 20.0. The van der Waals surface area contributed by atoms with Crippen LogP contribution in [0.2, 0.25) is 5.02 Å². The molecule has 3 rings (SSSR count). The summed E-state index contributed by atoms with van der Waals surface area (Å²) in [7, 11) is 8.21. The molecule has 176 valence electrons. The smallest absolute Gasteiger partial charge is 0.295 e. The lowest BCUT2D eigenvalue weighted by atomic mass is 9.94. The number of rotatable bonds is 8. The van der Waals surface area contributed by atoms with Crippen LogP contribution in [0.25, 0.3) is 5.76 Å². The topological polar surface area (TPSA) is 88.5 Å². The summed E-state index contributed by atoms with van der Waals surface area (Å²) in [5.74, 6) is -0.609. The molecule has 1 amide bonds. The highest BCUT2D eigenvalue weighted by molar-refractivity contribution is 6.46. The number of ether oxygens (including phenoxy) is 3. The van der Waals surface area contributed by atoms with E-state index < -0.39 is 17.7 Å². The molecular formula is C24H27ClN2O6. The third-order valence-corrected chi connectivity index (χ3v) is 5.70. The Morgan fingerprint density at radius 2 is 1.61 bits per heavy atom. The van der Waals surface area contributed by atoms with Crippen molar-refractivity contribution in [1.82, 2.24) is 9.80 Å². The molecule has 8 nitrogen and oxygen atoms in total. The monoisotopic (exact) mass is 474 g/mol. The van der Waals surface area contributed by atoms with Crippen LogP contribution in [0.1, 0.15) is 17.2 Å². The van der Waals surface area contributed by atoms with Gasteiger partial charge in [-0.1, -0.05) is 11.6 Å². The molecule has 0 radical (unpaired) electrons. The molecule has 2 aromatic carbocycles. The fraction of sp³-hybridized carbons (Fsp3) is 0.333. The first kappa shape index (κ1) is 24.4. The lowest BCUT2D eigenvalue weighted by molar-refractivity contribution is -0.140. The first-order valence-corrected chi connectivity index (χ1v) is 10.6. The molecule has 1 atom stereocenters. The molecule has 0 bridgehead atoms. The van der Waals surface area contributed by atoms with Crippen molar-refractivity contribution in [3.8, 4) is 17.2 Å². The van der Waals surface area contributed by atoms with Crippen LogP contribution in [0, 0.1) is 0 Å². The Labute approximate surface area is 197 Å². The third kappa shape index (κ3) is 4.77. The minimum Gasteiger partial charge on any atom is -0.507 e. The number of halogens is 1. The summed E-state index contributed by atoms with van der Waals surface area (Å²) in [6, 6.07) is 8.90. The van der Waals surface area contributed by atoms with Crippen LogP contribution in [-0.4, -0.2) is 75.1 Å². The van der Waals surface area contributed by atoms with Gasteiger partial charge in [-0.2, -0.15) is 0 Å². The number of methoxy groups -OCH3 is 3. The van der Waals surface area contributed by atoms with Gasteiger partial charge in [0.2, 0.25) is 5.75 Å². The largest absolute Gasteiger partial charge is 0.507 e. The van der Waals surface area contributed by atoms with Gasteiger partial charge in [0.1, 0.15) is 5.76 Å². The Balaban J connectivity index is 2.25. The van der Waals surface area contributed by atoms with Crippen LogP contribution in [0.3, 0.4) is 0 Å². The van der Waals surface area contributed by atoms with Gasteiger partial charge in [-0.05, 0) is 56.1 Å². The number of likely N-dealkylation sites (N-methyl/N-ethyl adjacent to an activating group) is 1. The van der Waals surface area contributed by atoms with Gasteiger partial charge in [0, 0.05) is 23.7 Å². The molecule has 2 aromatic rings. The highest BCUT2D eigenvalue weighted by Gasteiger charge is 2.46. The zero-order valence-electron chi connectivity index (χ0n) is 19.2. The second-order valence-corrected chi connectivity index (χ2v) is 8.20. The first-order valence-electron chi connectivity index (χ1n) is 10.2. The fourth-order valence-corrected chi connectivity index (χ4v) is 3.91. The van der Waals surface area contributed by atoms with Crippen LogP contribution in [0.15, 0.2) is 42.0 Å². The average Bonchev–Trinajstić information content (AvgIpc) is 3.06. The molecule has 1 saturated heterocycles. The molecule has 1 aliphatic heterocycles. The Morgan fingerprint density at radius 1 is 1.03 bits per heavy atom.